The Kier molecular flexibility index (Phi) is 4.57. The van der Waals surface area contributed by atoms with Crippen LogP contribution in [0.15, 0.2) is 33.9 Å². The molecule has 2 aromatic rings. The van der Waals surface area contributed by atoms with E-state index in [4.69, 9.17) is 11.6 Å². The normalized spacial score (nSPS) is 17.2. The molecule has 1 fully saturated rings. The number of aryl methyl sites for hydroxylation is 1. The molecule has 1 aliphatic heterocycles. The topological polar surface area (TPSA) is 86.0 Å². The minimum Gasteiger partial charge on any atom is -0.342 e. The summed E-state index contributed by atoms with van der Waals surface area (Å²) < 4.78 is 0. The highest BCUT2D eigenvalue weighted by molar-refractivity contribution is 6.30. The number of halogens is 1. The molecule has 1 amide bonds. The smallest absolute Gasteiger partial charge is 0.325 e. The molecule has 3 rings (SSSR count). The maximum atomic E-state index is 12.5. The van der Waals surface area contributed by atoms with Gasteiger partial charge in [0.25, 0.3) is 5.56 Å². The number of rotatable bonds is 3. The van der Waals surface area contributed by atoms with Gasteiger partial charge < -0.3 is 9.88 Å². The number of aromatic nitrogens is 2. The van der Waals surface area contributed by atoms with E-state index in [0.29, 0.717) is 29.4 Å². The first kappa shape index (κ1) is 16.5. The average molecular weight is 348 g/mol. The lowest BCUT2D eigenvalue weighted by Crippen LogP contribution is -2.34. The van der Waals surface area contributed by atoms with Gasteiger partial charge in [-0.25, -0.2) is 4.79 Å². The maximum absolute atomic E-state index is 12.5. The Labute approximate surface area is 143 Å². The van der Waals surface area contributed by atoms with Crippen molar-refractivity contribution in [2.75, 3.05) is 13.1 Å². The van der Waals surface area contributed by atoms with Crippen molar-refractivity contribution in [3.05, 3.63) is 66.9 Å². The Balaban J connectivity index is 1.71. The van der Waals surface area contributed by atoms with Gasteiger partial charge >= 0.3 is 5.69 Å². The largest absolute Gasteiger partial charge is 0.342 e. The predicted molar refractivity (Wildman–Crippen MR) is 91.5 cm³/mol. The molecule has 7 heteroatoms. The fourth-order valence-corrected chi connectivity index (χ4v) is 3.32. The van der Waals surface area contributed by atoms with Crippen molar-refractivity contribution < 1.29 is 4.79 Å². The quantitative estimate of drug-likeness (QED) is 0.884. The zero-order chi connectivity index (χ0) is 17.3. The molecule has 1 aromatic heterocycles. The van der Waals surface area contributed by atoms with Crippen LogP contribution in [-0.4, -0.2) is 33.9 Å². The summed E-state index contributed by atoms with van der Waals surface area (Å²) in [6.07, 6.45) is 0.854. The molecule has 0 spiro atoms. The van der Waals surface area contributed by atoms with E-state index in [0.717, 1.165) is 12.0 Å². The van der Waals surface area contributed by atoms with Crippen LogP contribution in [-0.2, 0) is 11.2 Å². The molecule has 6 nitrogen and oxygen atoms in total. The van der Waals surface area contributed by atoms with Crippen LogP contribution >= 0.6 is 11.6 Å². The van der Waals surface area contributed by atoms with Crippen LogP contribution in [0.5, 0.6) is 0 Å². The minimum atomic E-state index is -0.559. The summed E-state index contributed by atoms with van der Waals surface area (Å²) in [7, 11) is 0. The number of nitrogens with one attached hydrogen (secondary N) is 2. The third kappa shape index (κ3) is 3.43. The van der Waals surface area contributed by atoms with Crippen molar-refractivity contribution in [1.82, 2.24) is 14.9 Å². The molecule has 1 aromatic carbocycles. The average Bonchev–Trinajstić information content (AvgIpc) is 3.00. The predicted octanol–water partition coefficient (Wildman–Crippen LogP) is 1.58. The number of hydrogen-bond donors (Lipinski definition) is 2. The van der Waals surface area contributed by atoms with Crippen LogP contribution in [0.1, 0.15) is 29.2 Å². The molecule has 0 saturated carbocycles. The summed E-state index contributed by atoms with van der Waals surface area (Å²) in [6, 6.07) is 7.68. The third-order valence-electron chi connectivity index (χ3n) is 4.44. The second kappa shape index (κ2) is 6.65. The second-order valence-electron chi connectivity index (χ2n) is 6.07. The van der Waals surface area contributed by atoms with Crippen LogP contribution in [0.3, 0.4) is 0 Å². The van der Waals surface area contributed by atoms with Gasteiger partial charge in [0, 0.05) is 35.3 Å². The highest BCUT2D eigenvalue weighted by Crippen LogP contribution is 2.29. The highest BCUT2D eigenvalue weighted by Gasteiger charge is 2.28. The molecule has 24 heavy (non-hydrogen) atoms. The number of carbonyl (C=O) groups excluding carboxylic acids is 1. The minimum absolute atomic E-state index is 0.0137. The van der Waals surface area contributed by atoms with Crippen LogP contribution in [0.4, 0.5) is 0 Å². The second-order valence-corrected chi connectivity index (χ2v) is 6.51. The van der Waals surface area contributed by atoms with Crippen molar-refractivity contribution in [3.8, 4) is 0 Å². The number of likely N-dealkylation sites (tertiary alicyclic amines) is 1. The van der Waals surface area contributed by atoms with E-state index in [1.807, 2.05) is 24.3 Å². The molecule has 1 aliphatic rings. The van der Waals surface area contributed by atoms with Gasteiger partial charge in [-0.1, -0.05) is 23.7 Å². The van der Waals surface area contributed by atoms with Crippen LogP contribution < -0.4 is 11.2 Å². The monoisotopic (exact) mass is 347 g/mol. The van der Waals surface area contributed by atoms with Gasteiger partial charge in [-0.05, 0) is 31.0 Å². The zero-order valence-electron chi connectivity index (χ0n) is 13.3. The van der Waals surface area contributed by atoms with Crippen molar-refractivity contribution >= 4 is 17.5 Å². The summed E-state index contributed by atoms with van der Waals surface area (Å²) in [4.78, 5) is 42.0. The Morgan fingerprint density at radius 3 is 2.83 bits per heavy atom. The first-order valence-corrected chi connectivity index (χ1v) is 8.17. The fraction of sp³-hybridized carbons (Fsp3) is 0.353. The fourth-order valence-electron chi connectivity index (χ4n) is 3.12. The van der Waals surface area contributed by atoms with E-state index in [9.17, 15) is 14.4 Å². The standard InChI is InChI=1S/C17H18ClN3O3/c1-10-14(16(23)20-17(24)19-10)8-15(22)21-6-5-12(9-21)11-3-2-4-13(18)7-11/h2-4,7,12H,5-6,8-9H2,1H3,(H2,19,20,23,24)/t12-/m1/s1. The molecular formula is C17H18ClN3O3. The van der Waals surface area contributed by atoms with Gasteiger partial charge in [0.1, 0.15) is 0 Å². The van der Waals surface area contributed by atoms with Gasteiger partial charge in [0.15, 0.2) is 0 Å². The lowest BCUT2D eigenvalue weighted by atomic mass is 9.99. The van der Waals surface area contributed by atoms with E-state index in [1.54, 1.807) is 11.8 Å². The number of nitrogens with zero attached hydrogens (tertiary/aromatic N) is 1. The van der Waals surface area contributed by atoms with E-state index < -0.39 is 11.2 Å². The van der Waals surface area contributed by atoms with Crippen molar-refractivity contribution in [2.24, 2.45) is 0 Å². The van der Waals surface area contributed by atoms with Crippen molar-refractivity contribution in [3.63, 3.8) is 0 Å². The molecule has 1 saturated heterocycles. The van der Waals surface area contributed by atoms with E-state index in [-0.39, 0.29) is 18.2 Å². The Morgan fingerprint density at radius 2 is 2.12 bits per heavy atom. The lowest BCUT2D eigenvalue weighted by Gasteiger charge is -2.17. The number of H-pyrrole nitrogens is 2. The first-order chi connectivity index (χ1) is 11.4. The summed E-state index contributed by atoms with van der Waals surface area (Å²) in [5, 5.41) is 0.688. The van der Waals surface area contributed by atoms with Crippen LogP contribution in [0.25, 0.3) is 0 Å². The first-order valence-electron chi connectivity index (χ1n) is 7.79. The Bertz CT molecular complexity index is 887. The molecule has 126 valence electrons. The van der Waals surface area contributed by atoms with E-state index in [2.05, 4.69) is 9.97 Å². The third-order valence-corrected chi connectivity index (χ3v) is 4.68. The SMILES string of the molecule is Cc1[nH]c(=O)[nH]c(=O)c1CC(=O)N1CC[C@@H](c2cccc(Cl)c2)C1. The number of aromatic amines is 2. The number of benzene rings is 1. The van der Waals surface area contributed by atoms with Gasteiger partial charge in [-0.15, -0.1) is 0 Å². The Morgan fingerprint density at radius 1 is 1.33 bits per heavy atom. The molecule has 0 aliphatic carbocycles. The summed E-state index contributed by atoms with van der Waals surface area (Å²) in [6.45, 7) is 2.88. The Hall–Kier alpha value is -2.34. The zero-order valence-corrected chi connectivity index (χ0v) is 14.0. The van der Waals surface area contributed by atoms with Gasteiger partial charge in [-0.3, -0.25) is 14.6 Å². The van der Waals surface area contributed by atoms with Crippen molar-refractivity contribution in [1.29, 1.82) is 0 Å². The van der Waals surface area contributed by atoms with Gasteiger partial charge in [-0.2, -0.15) is 0 Å². The molecule has 0 bridgehead atoms. The number of carbonyl (C=O) groups is 1. The van der Waals surface area contributed by atoms with E-state index >= 15 is 0 Å². The molecular weight excluding hydrogens is 330 g/mol. The lowest BCUT2D eigenvalue weighted by molar-refractivity contribution is -0.129. The molecule has 2 heterocycles. The van der Waals surface area contributed by atoms with E-state index in [1.165, 1.54) is 0 Å². The van der Waals surface area contributed by atoms with Crippen LogP contribution in [0, 0.1) is 6.92 Å². The van der Waals surface area contributed by atoms with Gasteiger partial charge in [0.05, 0.1) is 6.42 Å². The van der Waals surface area contributed by atoms with Crippen molar-refractivity contribution in [2.45, 2.75) is 25.7 Å². The summed E-state index contributed by atoms with van der Waals surface area (Å²) in [5.41, 5.74) is 0.801. The highest BCUT2D eigenvalue weighted by atomic mass is 35.5. The molecule has 2 N–H and O–H groups in total. The maximum Gasteiger partial charge on any atom is 0.325 e. The number of hydrogen-bond acceptors (Lipinski definition) is 3. The number of amides is 1. The van der Waals surface area contributed by atoms with Crippen LogP contribution in [0.2, 0.25) is 5.02 Å². The molecule has 0 unspecified atom stereocenters. The summed E-state index contributed by atoms with van der Waals surface area (Å²) in [5.74, 6) is 0.141. The summed E-state index contributed by atoms with van der Waals surface area (Å²) >= 11 is 6.03. The molecule has 0 radical (unpaired) electrons. The van der Waals surface area contributed by atoms with Gasteiger partial charge in [0.2, 0.25) is 5.91 Å². The molecule has 1 atom stereocenters.